The predicted octanol–water partition coefficient (Wildman–Crippen LogP) is 2.40. The molecule has 0 amide bonds. The molecular weight excluding hydrogens is 222 g/mol. The highest BCUT2D eigenvalue weighted by Gasteiger charge is 2.15. The normalized spacial score (nSPS) is 18.6. The van der Waals surface area contributed by atoms with E-state index in [1.807, 2.05) is 0 Å². The molecule has 3 N–H and O–H groups in total. The highest BCUT2D eigenvalue weighted by molar-refractivity contribution is 5.81. The van der Waals surface area contributed by atoms with Crippen LogP contribution in [-0.4, -0.2) is 29.0 Å². The lowest BCUT2D eigenvalue weighted by Gasteiger charge is -2.30. The number of nitrogens with zero attached hydrogens (tertiary/aromatic N) is 1. The van der Waals surface area contributed by atoms with E-state index in [9.17, 15) is 0 Å². The molecule has 0 radical (unpaired) electrons. The molecule has 3 rings (SSSR count). The zero-order valence-corrected chi connectivity index (χ0v) is 10.9. The second kappa shape index (κ2) is 4.75. The van der Waals surface area contributed by atoms with Crippen molar-refractivity contribution in [2.75, 3.05) is 13.1 Å². The van der Waals surface area contributed by atoms with Crippen LogP contribution in [0.15, 0.2) is 24.3 Å². The number of nitrogens with one attached hydrogen (secondary N) is 1. The zero-order valence-electron chi connectivity index (χ0n) is 10.9. The minimum atomic E-state index is 0.413. The number of aromatic nitrogens is 1. The number of aromatic amines is 1. The molecule has 3 heteroatoms. The second-order valence-corrected chi connectivity index (χ2v) is 5.49. The Morgan fingerprint density at radius 1 is 1.28 bits per heavy atom. The average Bonchev–Trinajstić information content (AvgIpc) is 2.71. The van der Waals surface area contributed by atoms with E-state index >= 15 is 0 Å². The molecule has 0 atom stereocenters. The maximum Gasteiger partial charge on any atom is 0.0456 e. The van der Waals surface area contributed by atoms with E-state index in [0.717, 1.165) is 32.5 Å². The van der Waals surface area contributed by atoms with Gasteiger partial charge in [0.05, 0.1) is 0 Å². The molecular formula is C15H21N3. The third-order valence-electron chi connectivity index (χ3n) is 3.86. The summed E-state index contributed by atoms with van der Waals surface area (Å²) >= 11 is 0. The van der Waals surface area contributed by atoms with Crippen LogP contribution in [-0.2, 0) is 6.54 Å². The molecule has 1 saturated heterocycles. The molecule has 3 nitrogen and oxygen atoms in total. The van der Waals surface area contributed by atoms with Crippen LogP contribution in [0.4, 0.5) is 0 Å². The number of H-pyrrole nitrogens is 1. The third kappa shape index (κ3) is 2.42. The molecule has 1 aliphatic rings. The first-order chi connectivity index (χ1) is 8.70. The quantitative estimate of drug-likeness (QED) is 0.850. The Morgan fingerprint density at radius 2 is 2.06 bits per heavy atom. The van der Waals surface area contributed by atoms with Gasteiger partial charge in [-0.25, -0.2) is 0 Å². The SMILES string of the molecule is Cc1cc2cc(CN3CCC(N)CC3)ccc2[nH]1. The molecule has 1 fully saturated rings. The van der Waals surface area contributed by atoms with Crippen LogP contribution < -0.4 is 5.73 Å². The van der Waals surface area contributed by atoms with Gasteiger partial charge in [-0.3, -0.25) is 4.90 Å². The van der Waals surface area contributed by atoms with E-state index in [1.165, 1.54) is 22.2 Å². The lowest BCUT2D eigenvalue weighted by atomic mass is 10.0. The van der Waals surface area contributed by atoms with Gasteiger partial charge in [-0.1, -0.05) is 6.07 Å². The van der Waals surface area contributed by atoms with Crippen LogP contribution in [0.2, 0.25) is 0 Å². The van der Waals surface area contributed by atoms with Crippen molar-refractivity contribution in [2.45, 2.75) is 32.4 Å². The van der Waals surface area contributed by atoms with E-state index in [4.69, 9.17) is 5.73 Å². The molecule has 96 valence electrons. The summed E-state index contributed by atoms with van der Waals surface area (Å²) in [7, 11) is 0. The number of piperidine rings is 1. The number of hydrogen-bond donors (Lipinski definition) is 2. The fourth-order valence-electron chi connectivity index (χ4n) is 2.79. The fraction of sp³-hybridized carbons (Fsp3) is 0.467. The Kier molecular flexibility index (Phi) is 3.10. The van der Waals surface area contributed by atoms with Crippen LogP contribution in [0, 0.1) is 6.92 Å². The molecule has 2 aromatic rings. The molecule has 0 spiro atoms. The molecule has 0 unspecified atom stereocenters. The maximum absolute atomic E-state index is 5.94. The van der Waals surface area contributed by atoms with Crippen molar-refractivity contribution in [2.24, 2.45) is 5.73 Å². The Labute approximate surface area is 108 Å². The second-order valence-electron chi connectivity index (χ2n) is 5.49. The lowest BCUT2D eigenvalue weighted by molar-refractivity contribution is 0.206. The Hall–Kier alpha value is -1.32. The van der Waals surface area contributed by atoms with Crippen molar-refractivity contribution in [3.8, 4) is 0 Å². The minimum absolute atomic E-state index is 0.413. The highest BCUT2D eigenvalue weighted by Crippen LogP contribution is 2.19. The highest BCUT2D eigenvalue weighted by atomic mass is 15.1. The van der Waals surface area contributed by atoms with Crippen LogP contribution in [0.1, 0.15) is 24.1 Å². The number of likely N-dealkylation sites (tertiary alicyclic amines) is 1. The maximum atomic E-state index is 5.94. The van der Waals surface area contributed by atoms with Crippen molar-refractivity contribution in [1.82, 2.24) is 9.88 Å². The number of fused-ring (bicyclic) bond motifs is 1. The number of benzene rings is 1. The summed E-state index contributed by atoms with van der Waals surface area (Å²) < 4.78 is 0. The van der Waals surface area contributed by atoms with Gasteiger partial charge < -0.3 is 10.7 Å². The van der Waals surface area contributed by atoms with Crippen molar-refractivity contribution in [3.63, 3.8) is 0 Å². The Balaban J connectivity index is 1.74. The van der Waals surface area contributed by atoms with Gasteiger partial charge in [-0.2, -0.15) is 0 Å². The molecule has 18 heavy (non-hydrogen) atoms. The number of nitrogens with two attached hydrogens (primary N) is 1. The summed E-state index contributed by atoms with van der Waals surface area (Å²) in [5.74, 6) is 0. The van der Waals surface area contributed by atoms with E-state index in [1.54, 1.807) is 0 Å². The number of hydrogen-bond acceptors (Lipinski definition) is 2. The standard InChI is InChI=1S/C15H21N3/c1-11-8-13-9-12(2-3-15(13)17-11)10-18-6-4-14(16)5-7-18/h2-3,8-9,14,17H,4-7,10,16H2,1H3. The molecule has 1 aromatic heterocycles. The predicted molar refractivity (Wildman–Crippen MR) is 75.5 cm³/mol. The third-order valence-corrected chi connectivity index (χ3v) is 3.86. The molecule has 1 aromatic carbocycles. The van der Waals surface area contributed by atoms with Gasteiger partial charge in [-0.15, -0.1) is 0 Å². The summed E-state index contributed by atoms with van der Waals surface area (Å²) in [5, 5.41) is 1.32. The smallest absolute Gasteiger partial charge is 0.0456 e. The molecule has 2 heterocycles. The largest absolute Gasteiger partial charge is 0.359 e. The molecule has 1 aliphatic heterocycles. The monoisotopic (exact) mass is 243 g/mol. The first-order valence-electron chi connectivity index (χ1n) is 6.77. The summed E-state index contributed by atoms with van der Waals surface area (Å²) in [4.78, 5) is 5.87. The van der Waals surface area contributed by atoms with Crippen LogP contribution in [0.3, 0.4) is 0 Å². The van der Waals surface area contributed by atoms with Crippen molar-refractivity contribution in [1.29, 1.82) is 0 Å². The first-order valence-corrected chi connectivity index (χ1v) is 6.77. The average molecular weight is 243 g/mol. The van der Waals surface area contributed by atoms with Gasteiger partial charge in [0, 0.05) is 23.8 Å². The summed E-state index contributed by atoms with van der Waals surface area (Å²) in [5.41, 5.74) is 9.80. The van der Waals surface area contributed by atoms with Gasteiger partial charge in [0.1, 0.15) is 0 Å². The minimum Gasteiger partial charge on any atom is -0.359 e. The van der Waals surface area contributed by atoms with Gasteiger partial charge in [-0.05, 0) is 62.0 Å². The van der Waals surface area contributed by atoms with Crippen LogP contribution in [0.5, 0.6) is 0 Å². The van der Waals surface area contributed by atoms with E-state index in [2.05, 4.69) is 41.1 Å². The van der Waals surface area contributed by atoms with Crippen molar-refractivity contribution in [3.05, 3.63) is 35.5 Å². The van der Waals surface area contributed by atoms with Gasteiger partial charge in [0.15, 0.2) is 0 Å². The van der Waals surface area contributed by atoms with Crippen molar-refractivity contribution >= 4 is 10.9 Å². The Morgan fingerprint density at radius 3 is 2.83 bits per heavy atom. The van der Waals surface area contributed by atoms with Gasteiger partial charge in [0.25, 0.3) is 0 Å². The number of rotatable bonds is 2. The van der Waals surface area contributed by atoms with Gasteiger partial charge in [0.2, 0.25) is 0 Å². The van der Waals surface area contributed by atoms with E-state index < -0.39 is 0 Å². The zero-order chi connectivity index (χ0) is 12.5. The molecule has 0 bridgehead atoms. The first kappa shape index (κ1) is 11.8. The van der Waals surface area contributed by atoms with E-state index in [-0.39, 0.29) is 0 Å². The van der Waals surface area contributed by atoms with Gasteiger partial charge >= 0.3 is 0 Å². The van der Waals surface area contributed by atoms with Crippen LogP contribution in [0.25, 0.3) is 10.9 Å². The summed E-state index contributed by atoms with van der Waals surface area (Å²) in [6, 6.07) is 9.34. The summed E-state index contributed by atoms with van der Waals surface area (Å²) in [6.45, 7) is 5.41. The molecule has 0 saturated carbocycles. The molecule has 0 aliphatic carbocycles. The lowest BCUT2D eigenvalue weighted by Crippen LogP contribution is -2.39. The Bertz CT molecular complexity index is 536. The summed E-state index contributed by atoms with van der Waals surface area (Å²) in [6.07, 6.45) is 2.26. The fourth-order valence-corrected chi connectivity index (χ4v) is 2.79. The van der Waals surface area contributed by atoms with Crippen LogP contribution >= 0.6 is 0 Å². The topological polar surface area (TPSA) is 45.0 Å². The van der Waals surface area contributed by atoms with E-state index in [0.29, 0.717) is 6.04 Å². The number of aryl methyl sites for hydroxylation is 1. The van der Waals surface area contributed by atoms with Crippen molar-refractivity contribution < 1.29 is 0 Å².